The van der Waals surface area contributed by atoms with Crippen molar-refractivity contribution in [2.75, 3.05) is 18.5 Å². The smallest absolute Gasteiger partial charge is 0.271 e. The first-order valence-electron chi connectivity index (χ1n) is 7.00. The number of anilines is 2. The molecule has 1 aliphatic rings. The van der Waals surface area contributed by atoms with Crippen LogP contribution in [0.1, 0.15) is 0 Å². The number of nitrogens with one attached hydrogen (secondary N) is 2. The fraction of sp³-hybridized carbons (Fsp3) is 0.133. The van der Waals surface area contributed by atoms with Crippen LogP contribution in [-0.2, 0) is 0 Å². The van der Waals surface area contributed by atoms with Crippen LogP contribution in [-0.4, -0.2) is 28.1 Å². The van der Waals surface area contributed by atoms with E-state index in [1.807, 2.05) is 6.07 Å². The highest BCUT2D eigenvalue weighted by Gasteiger charge is 2.15. The highest BCUT2D eigenvalue weighted by Crippen LogP contribution is 2.34. The van der Waals surface area contributed by atoms with Gasteiger partial charge in [0.1, 0.15) is 13.2 Å². The SMILES string of the molecule is O=[N+]([O-])c1cccc(Nc2nc3cc4c(cc3[nH]2)OCCO4)c1. The Labute approximate surface area is 130 Å². The van der Waals surface area contributed by atoms with Gasteiger partial charge >= 0.3 is 0 Å². The van der Waals surface area contributed by atoms with Crippen LogP contribution in [0.4, 0.5) is 17.3 Å². The van der Waals surface area contributed by atoms with Gasteiger partial charge in [0.15, 0.2) is 11.5 Å². The maximum Gasteiger partial charge on any atom is 0.271 e. The summed E-state index contributed by atoms with van der Waals surface area (Å²) in [5.74, 6) is 1.83. The number of benzene rings is 2. The van der Waals surface area contributed by atoms with Crippen LogP contribution in [0.2, 0.25) is 0 Å². The number of rotatable bonds is 3. The van der Waals surface area contributed by atoms with Gasteiger partial charge in [-0.25, -0.2) is 4.98 Å². The molecule has 2 aromatic carbocycles. The van der Waals surface area contributed by atoms with Gasteiger partial charge in [-0.05, 0) is 6.07 Å². The molecule has 116 valence electrons. The number of aromatic nitrogens is 2. The zero-order valence-electron chi connectivity index (χ0n) is 11.9. The van der Waals surface area contributed by atoms with Gasteiger partial charge in [0.25, 0.3) is 5.69 Å². The number of nitro benzene ring substituents is 1. The number of nitro groups is 1. The van der Waals surface area contributed by atoms with Crippen LogP contribution in [0.5, 0.6) is 11.5 Å². The van der Waals surface area contributed by atoms with Crippen LogP contribution in [0, 0.1) is 10.1 Å². The first-order valence-corrected chi connectivity index (χ1v) is 7.00. The van der Waals surface area contributed by atoms with E-state index in [9.17, 15) is 10.1 Å². The molecule has 1 aromatic heterocycles. The minimum Gasteiger partial charge on any atom is -0.486 e. The van der Waals surface area contributed by atoms with Crippen LogP contribution < -0.4 is 14.8 Å². The molecule has 0 saturated heterocycles. The number of hydrogen-bond donors (Lipinski definition) is 2. The quantitative estimate of drug-likeness (QED) is 0.569. The lowest BCUT2D eigenvalue weighted by Gasteiger charge is -2.17. The minimum atomic E-state index is -0.438. The van der Waals surface area contributed by atoms with Gasteiger partial charge in [0, 0.05) is 30.0 Å². The average Bonchev–Trinajstić information content (AvgIpc) is 2.93. The predicted octanol–water partition coefficient (Wildman–Crippen LogP) is 2.99. The monoisotopic (exact) mass is 312 g/mol. The van der Waals surface area contributed by atoms with E-state index < -0.39 is 4.92 Å². The number of hydrogen-bond acceptors (Lipinski definition) is 6. The number of ether oxygens (including phenoxy) is 2. The van der Waals surface area contributed by atoms with Crippen LogP contribution in [0.15, 0.2) is 36.4 Å². The second kappa shape index (κ2) is 5.16. The number of nitrogens with zero attached hydrogens (tertiary/aromatic N) is 2. The largest absolute Gasteiger partial charge is 0.486 e. The zero-order valence-corrected chi connectivity index (χ0v) is 11.9. The minimum absolute atomic E-state index is 0.0170. The van der Waals surface area contributed by atoms with Crippen molar-refractivity contribution in [2.45, 2.75) is 0 Å². The Morgan fingerprint density at radius 3 is 2.74 bits per heavy atom. The summed E-state index contributed by atoms with van der Waals surface area (Å²) in [5.41, 5.74) is 2.11. The number of fused-ring (bicyclic) bond motifs is 2. The summed E-state index contributed by atoms with van der Waals surface area (Å²) in [7, 11) is 0. The van der Waals surface area contributed by atoms with Crippen molar-refractivity contribution < 1.29 is 14.4 Å². The topological polar surface area (TPSA) is 102 Å². The van der Waals surface area contributed by atoms with E-state index in [-0.39, 0.29) is 5.69 Å². The summed E-state index contributed by atoms with van der Waals surface area (Å²) in [6.45, 7) is 1.03. The Kier molecular flexibility index (Phi) is 3.00. The van der Waals surface area contributed by atoms with Crippen molar-refractivity contribution in [2.24, 2.45) is 0 Å². The maximum atomic E-state index is 10.8. The van der Waals surface area contributed by atoms with Gasteiger partial charge in [-0.2, -0.15) is 0 Å². The predicted molar refractivity (Wildman–Crippen MR) is 83.5 cm³/mol. The lowest BCUT2D eigenvalue weighted by atomic mass is 10.2. The van der Waals surface area contributed by atoms with E-state index in [0.717, 1.165) is 11.0 Å². The van der Waals surface area contributed by atoms with Crippen LogP contribution >= 0.6 is 0 Å². The van der Waals surface area contributed by atoms with Gasteiger partial charge in [0.2, 0.25) is 5.95 Å². The van der Waals surface area contributed by atoms with Gasteiger partial charge in [0.05, 0.1) is 16.0 Å². The average molecular weight is 312 g/mol. The molecule has 0 radical (unpaired) electrons. The van der Waals surface area contributed by atoms with Crippen molar-refractivity contribution in [3.63, 3.8) is 0 Å². The summed E-state index contributed by atoms with van der Waals surface area (Å²) in [6, 6.07) is 9.87. The molecule has 0 saturated carbocycles. The van der Waals surface area contributed by atoms with Crippen molar-refractivity contribution in [1.82, 2.24) is 9.97 Å². The molecular formula is C15H12N4O4. The molecule has 2 N–H and O–H groups in total. The molecule has 0 aliphatic carbocycles. The Hall–Kier alpha value is -3.29. The molecule has 0 unspecified atom stereocenters. The van der Waals surface area contributed by atoms with Gasteiger partial charge < -0.3 is 19.8 Å². The Morgan fingerprint density at radius 2 is 1.96 bits per heavy atom. The summed E-state index contributed by atoms with van der Waals surface area (Å²) < 4.78 is 11.1. The second-order valence-electron chi connectivity index (χ2n) is 5.03. The lowest BCUT2D eigenvalue weighted by molar-refractivity contribution is -0.384. The maximum absolute atomic E-state index is 10.8. The standard InChI is InChI=1S/C15H12N4O4/c20-19(21)10-3-1-2-9(6-10)16-15-17-11-7-13-14(8-12(11)18-15)23-5-4-22-13/h1-3,6-8H,4-5H2,(H2,16,17,18). The third-order valence-corrected chi connectivity index (χ3v) is 3.47. The van der Waals surface area contributed by atoms with Gasteiger partial charge in [-0.1, -0.05) is 6.07 Å². The van der Waals surface area contributed by atoms with Crippen molar-refractivity contribution in [1.29, 1.82) is 0 Å². The first kappa shape index (κ1) is 13.4. The molecule has 8 nitrogen and oxygen atoms in total. The van der Waals surface area contributed by atoms with E-state index in [2.05, 4.69) is 15.3 Å². The molecule has 0 amide bonds. The van der Waals surface area contributed by atoms with E-state index in [0.29, 0.717) is 36.3 Å². The summed E-state index contributed by atoms with van der Waals surface area (Å²) in [5, 5.41) is 13.8. The molecule has 2 heterocycles. The molecule has 1 aliphatic heterocycles. The van der Waals surface area contributed by atoms with E-state index in [1.165, 1.54) is 12.1 Å². The highest BCUT2D eigenvalue weighted by atomic mass is 16.6. The molecular weight excluding hydrogens is 300 g/mol. The summed E-state index contributed by atoms with van der Waals surface area (Å²) >= 11 is 0. The Bertz CT molecular complexity index is 863. The van der Waals surface area contributed by atoms with Crippen molar-refractivity contribution in [3.8, 4) is 11.5 Å². The van der Waals surface area contributed by atoms with Gasteiger partial charge in [-0.3, -0.25) is 10.1 Å². The fourth-order valence-electron chi connectivity index (χ4n) is 2.44. The number of aromatic amines is 1. The molecule has 0 fully saturated rings. The molecule has 0 spiro atoms. The molecule has 8 heteroatoms. The van der Waals surface area contributed by atoms with E-state index in [4.69, 9.17) is 9.47 Å². The molecule has 3 aromatic rings. The Morgan fingerprint density at radius 1 is 1.17 bits per heavy atom. The number of non-ortho nitro benzene ring substituents is 1. The normalized spacial score (nSPS) is 13.0. The van der Waals surface area contributed by atoms with E-state index >= 15 is 0 Å². The van der Waals surface area contributed by atoms with Crippen molar-refractivity contribution in [3.05, 3.63) is 46.5 Å². The first-order chi connectivity index (χ1) is 11.2. The lowest BCUT2D eigenvalue weighted by Crippen LogP contribution is -2.15. The second-order valence-corrected chi connectivity index (χ2v) is 5.03. The zero-order chi connectivity index (χ0) is 15.8. The highest BCUT2D eigenvalue weighted by molar-refractivity contribution is 5.82. The van der Waals surface area contributed by atoms with E-state index in [1.54, 1.807) is 18.2 Å². The summed E-state index contributed by atoms with van der Waals surface area (Å²) in [6.07, 6.45) is 0. The summed E-state index contributed by atoms with van der Waals surface area (Å²) in [4.78, 5) is 17.9. The molecule has 0 atom stereocenters. The number of H-pyrrole nitrogens is 1. The Balaban J connectivity index is 1.67. The molecule has 23 heavy (non-hydrogen) atoms. The third kappa shape index (κ3) is 2.50. The van der Waals surface area contributed by atoms with Gasteiger partial charge in [-0.15, -0.1) is 0 Å². The molecule has 4 rings (SSSR count). The fourth-order valence-corrected chi connectivity index (χ4v) is 2.44. The third-order valence-electron chi connectivity index (χ3n) is 3.47. The van der Waals surface area contributed by atoms with Crippen LogP contribution in [0.25, 0.3) is 11.0 Å². The number of imidazole rings is 1. The van der Waals surface area contributed by atoms with Crippen LogP contribution in [0.3, 0.4) is 0 Å². The molecule has 0 bridgehead atoms. The van der Waals surface area contributed by atoms with Crippen molar-refractivity contribution >= 4 is 28.4 Å².